The number of nitrogens with zero attached hydrogens (tertiary/aromatic N) is 1. The van der Waals surface area contributed by atoms with Gasteiger partial charge in [0.2, 0.25) is 0 Å². The quantitative estimate of drug-likeness (QED) is 0.394. The van der Waals surface area contributed by atoms with E-state index in [2.05, 4.69) is 32.6 Å². The van der Waals surface area contributed by atoms with Crippen molar-refractivity contribution in [3.63, 3.8) is 0 Å². The lowest BCUT2D eigenvalue weighted by molar-refractivity contribution is -0.119. The Morgan fingerprint density at radius 2 is 1.40 bits per heavy atom. The van der Waals surface area contributed by atoms with E-state index in [0.717, 1.165) is 11.4 Å². The summed E-state index contributed by atoms with van der Waals surface area (Å²) in [7, 11) is -2.41. The summed E-state index contributed by atoms with van der Waals surface area (Å²) in [6.45, 7) is 9.40. The Kier molecular flexibility index (Phi) is 7.29. The van der Waals surface area contributed by atoms with E-state index in [-0.39, 0.29) is 33.0 Å². The fourth-order valence-corrected chi connectivity index (χ4v) is 7.29. The highest BCUT2D eigenvalue weighted by atomic mass is 32.2. The highest BCUT2D eigenvalue weighted by molar-refractivity contribution is 7.87. The van der Waals surface area contributed by atoms with Gasteiger partial charge in [-0.15, -0.1) is 0 Å². The SMILES string of the molecule is COCCN1C2=C(C(=O)CC(C)(C)C2)C(c2cccc(OS(=O)(=O)c3ccccc3)c2)C2=C1CC(C)(C)CC2=O. The first-order chi connectivity index (χ1) is 18.8. The van der Waals surface area contributed by atoms with Crippen LogP contribution < -0.4 is 4.18 Å². The highest BCUT2D eigenvalue weighted by Crippen LogP contribution is 2.54. The molecule has 8 heteroatoms. The summed E-state index contributed by atoms with van der Waals surface area (Å²) in [5, 5.41) is 0. The molecule has 3 aliphatic rings. The fourth-order valence-electron chi connectivity index (χ4n) is 6.34. The predicted octanol–water partition coefficient (Wildman–Crippen LogP) is 5.79. The molecule has 0 bridgehead atoms. The van der Waals surface area contributed by atoms with Crippen LogP contribution in [0.1, 0.15) is 64.9 Å². The molecule has 1 heterocycles. The van der Waals surface area contributed by atoms with Crippen LogP contribution in [0, 0.1) is 10.8 Å². The van der Waals surface area contributed by atoms with E-state index in [0.29, 0.717) is 55.5 Å². The summed E-state index contributed by atoms with van der Waals surface area (Å²) >= 11 is 0. The number of hydrogen-bond donors (Lipinski definition) is 0. The van der Waals surface area contributed by atoms with Crippen molar-refractivity contribution in [2.24, 2.45) is 10.8 Å². The molecule has 7 nitrogen and oxygen atoms in total. The van der Waals surface area contributed by atoms with Crippen LogP contribution in [0.15, 0.2) is 82.0 Å². The molecule has 2 aliphatic carbocycles. The highest BCUT2D eigenvalue weighted by Gasteiger charge is 2.48. The standard InChI is InChI=1S/C32H37NO6S/c1-31(2)17-24-29(26(34)19-31)28(30-25(33(24)14-15-38-5)18-32(3,4)20-27(30)35)21-10-9-11-22(16-21)39-40(36,37)23-12-7-6-8-13-23/h6-13,16,28H,14-15,17-20H2,1-5H3. The van der Waals surface area contributed by atoms with E-state index >= 15 is 0 Å². The van der Waals surface area contributed by atoms with Crippen LogP contribution in [0.3, 0.4) is 0 Å². The Bertz CT molecular complexity index is 1460. The van der Waals surface area contributed by atoms with Crippen LogP contribution in [-0.2, 0) is 24.4 Å². The Balaban J connectivity index is 1.66. The van der Waals surface area contributed by atoms with Gasteiger partial charge in [0.05, 0.1) is 6.61 Å². The molecule has 5 rings (SSSR count). The zero-order chi connectivity index (χ0) is 28.9. The van der Waals surface area contributed by atoms with Gasteiger partial charge in [-0.2, -0.15) is 8.42 Å². The zero-order valence-corrected chi connectivity index (χ0v) is 24.6. The summed E-state index contributed by atoms with van der Waals surface area (Å²) in [5.74, 6) is -0.407. The molecule has 0 saturated heterocycles. The van der Waals surface area contributed by atoms with Crippen LogP contribution in [-0.4, -0.2) is 45.1 Å². The lowest BCUT2D eigenvalue weighted by atomic mass is 9.63. The predicted molar refractivity (Wildman–Crippen MR) is 152 cm³/mol. The number of hydrogen-bond acceptors (Lipinski definition) is 7. The number of methoxy groups -OCH3 is 1. The number of carbonyl (C=O) groups is 2. The first-order valence-electron chi connectivity index (χ1n) is 13.7. The second-order valence-corrected chi connectivity index (χ2v) is 14.1. The molecule has 2 aromatic carbocycles. The van der Waals surface area contributed by atoms with Crippen LogP contribution in [0.5, 0.6) is 5.75 Å². The van der Waals surface area contributed by atoms with Crippen molar-refractivity contribution in [3.05, 3.63) is 82.7 Å². The van der Waals surface area contributed by atoms with Crippen LogP contribution in [0.2, 0.25) is 0 Å². The van der Waals surface area contributed by atoms with Crippen molar-refractivity contribution in [1.82, 2.24) is 4.90 Å². The maximum absolute atomic E-state index is 13.9. The normalized spacial score (nSPS) is 20.9. The first kappa shape index (κ1) is 28.3. The second kappa shape index (κ2) is 10.3. The van der Waals surface area contributed by atoms with Gasteiger partial charge in [0.15, 0.2) is 11.6 Å². The molecule has 0 radical (unpaired) electrons. The molecule has 0 aromatic heterocycles. The lowest BCUT2D eigenvalue weighted by Gasteiger charge is -2.49. The zero-order valence-electron chi connectivity index (χ0n) is 23.8. The van der Waals surface area contributed by atoms with Crippen LogP contribution in [0.4, 0.5) is 0 Å². The van der Waals surface area contributed by atoms with E-state index in [1.165, 1.54) is 12.1 Å². The molecule has 0 atom stereocenters. The molecule has 0 amide bonds. The Morgan fingerprint density at radius 1 is 0.825 bits per heavy atom. The molecule has 2 aromatic rings. The average molecular weight is 564 g/mol. The van der Waals surface area contributed by atoms with Gasteiger partial charge in [0.1, 0.15) is 10.6 Å². The number of ether oxygens (including phenoxy) is 1. The van der Waals surface area contributed by atoms with Gasteiger partial charge in [0.25, 0.3) is 0 Å². The molecule has 0 N–H and O–H groups in total. The second-order valence-electron chi connectivity index (χ2n) is 12.6. The smallest absolute Gasteiger partial charge is 0.339 e. The number of benzene rings is 2. The van der Waals surface area contributed by atoms with Gasteiger partial charge >= 0.3 is 10.1 Å². The van der Waals surface area contributed by atoms with Crippen molar-refractivity contribution < 1.29 is 26.9 Å². The summed E-state index contributed by atoms with van der Waals surface area (Å²) in [6.07, 6.45) is 2.14. The van der Waals surface area contributed by atoms with Crippen molar-refractivity contribution in [2.75, 3.05) is 20.3 Å². The summed E-state index contributed by atoms with van der Waals surface area (Å²) in [5.41, 5.74) is 3.36. The maximum Gasteiger partial charge on any atom is 0.339 e. The van der Waals surface area contributed by atoms with Gasteiger partial charge in [-0.25, -0.2) is 0 Å². The number of rotatable bonds is 7. The molecule has 1 aliphatic heterocycles. The Labute approximate surface area is 237 Å². The van der Waals surface area contributed by atoms with E-state index in [4.69, 9.17) is 8.92 Å². The third-order valence-corrected chi connectivity index (χ3v) is 9.23. The average Bonchev–Trinajstić information content (AvgIpc) is 2.86. The molecule has 40 heavy (non-hydrogen) atoms. The largest absolute Gasteiger partial charge is 0.383 e. The Morgan fingerprint density at radius 3 is 1.95 bits per heavy atom. The fraction of sp³-hybridized carbons (Fsp3) is 0.438. The third-order valence-electron chi connectivity index (χ3n) is 7.97. The van der Waals surface area contributed by atoms with Gasteiger partial charge in [-0.1, -0.05) is 58.0 Å². The molecular weight excluding hydrogens is 526 g/mol. The maximum atomic E-state index is 13.9. The monoisotopic (exact) mass is 563 g/mol. The van der Waals surface area contributed by atoms with E-state index in [1.807, 2.05) is 6.07 Å². The first-order valence-corrected chi connectivity index (χ1v) is 15.1. The molecule has 212 valence electrons. The van der Waals surface area contributed by atoms with Crippen molar-refractivity contribution >= 4 is 21.7 Å². The molecule has 0 saturated carbocycles. The van der Waals surface area contributed by atoms with Crippen LogP contribution >= 0.6 is 0 Å². The van der Waals surface area contributed by atoms with Gasteiger partial charge in [0, 0.05) is 55.0 Å². The minimum absolute atomic E-state index is 0.0195. The number of Topliss-reactive ketones (excluding diaryl/α,β-unsaturated/α-hetero) is 2. The number of carbonyl (C=O) groups excluding carboxylic acids is 2. The van der Waals surface area contributed by atoms with E-state index < -0.39 is 16.0 Å². The van der Waals surface area contributed by atoms with Gasteiger partial charge in [-0.3, -0.25) is 9.59 Å². The summed E-state index contributed by atoms with van der Waals surface area (Å²) < 4.78 is 36.9. The minimum Gasteiger partial charge on any atom is -0.383 e. The molecule has 0 unspecified atom stereocenters. The topological polar surface area (TPSA) is 90.0 Å². The van der Waals surface area contributed by atoms with Gasteiger partial charge < -0.3 is 13.8 Å². The lowest BCUT2D eigenvalue weighted by Crippen LogP contribution is -2.45. The number of ketones is 2. The molecular formula is C32H37NO6S. The van der Waals surface area contributed by atoms with Crippen LogP contribution in [0.25, 0.3) is 0 Å². The van der Waals surface area contributed by atoms with Crippen molar-refractivity contribution in [2.45, 2.75) is 64.2 Å². The number of allylic oxidation sites excluding steroid dienone is 4. The van der Waals surface area contributed by atoms with Crippen molar-refractivity contribution in [1.29, 1.82) is 0 Å². The molecule has 0 fully saturated rings. The minimum atomic E-state index is -4.06. The van der Waals surface area contributed by atoms with E-state index in [9.17, 15) is 18.0 Å². The Hall–Kier alpha value is -3.23. The third kappa shape index (κ3) is 5.39. The van der Waals surface area contributed by atoms with Crippen molar-refractivity contribution in [3.8, 4) is 5.75 Å². The summed E-state index contributed by atoms with van der Waals surface area (Å²) in [6, 6.07) is 14.8. The van der Waals surface area contributed by atoms with E-state index in [1.54, 1.807) is 43.5 Å². The molecule has 0 spiro atoms. The summed E-state index contributed by atoms with van der Waals surface area (Å²) in [4.78, 5) is 30.0. The van der Waals surface area contributed by atoms with Gasteiger partial charge in [-0.05, 0) is 53.5 Å².